The molecule has 1 unspecified atom stereocenters. The lowest BCUT2D eigenvalue weighted by atomic mass is 9.82. The summed E-state index contributed by atoms with van der Waals surface area (Å²) in [4.78, 5) is 27.9. The van der Waals surface area contributed by atoms with Crippen molar-refractivity contribution in [3.63, 3.8) is 0 Å². The van der Waals surface area contributed by atoms with Crippen LogP contribution in [0.3, 0.4) is 0 Å². The van der Waals surface area contributed by atoms with Gasteiger partial charge in [0.1, 0.15) is 12.0 Å². The van der Waals surface area contributed by atoms with Crippen molar-refractivity contribution in [2.45, 2.75) is 26.7 Å². The summed E-state index contributed by atoms with van der Waals surface area (Å²) in [5, 5.41) is 20.3. The lowest BCUT2D eigenvalue weighted by molar-refractivity contribution is -0.385. The molecule has 1 saturated heterocycles. The molecule has 8 heteroatoms. The van der Waals surface area contributed by atoms with E-state index in [2.05, 4.69) is 20.9 Å². The number of pyridine rings is 1. The van der Waals surface area contributed by atoms with E-state index >= 15 is 0 Å². The smallest absolute Gasteiger partial charge is 0.311 e. The topological polar surface area (TPSA) is 96.6 Å². The molecule has 0 radical (unpaired) electrons. The van der Waals surface area contributed by atoms with Crippen LogP contribution in [-0.2, 0) is 4.79 Å². The number of carboxylic acid groups (broad SMARTS) is 1. The Morgan fingerprint density at radius 3 is 2.86 bits per heavy atom. The second-order valence-corrected chi connectivity index (χ2v) is 6.35. The molecule has 0 aromatic carbocycles. The molecule has 1 N–H and O–H groups in total. The maximum atomic E-state index is 11.4. The second kappa shape index (κ2) is 5.59. The summed E-state index contributed by atoms with van der Waals surface area (Å²) in [7, 11) is 0. The van der Waals surface area contributed by atoms with Crippen LogP contribution in [0.2, 0.25) is 0 Å². The highest BCUT2D eigenvalue weighted by molar-refractivity contribution is 9.10. The first-order valence-electron chi connectivity index (χ1n) is 6.54. The molecule has 1 aliphatic rings. The van der Waals surface area contributed by atoms with E-state index in [0.717, 1.165) is 6.42 Å². The van der Waals surface area contributed by atoms with Gasteiger partial charge in [0, 0.05) is 18.7 Å². The number of hydrogen-bond donors (Lipinski definition) is 1. The zero-order valence-electron chi connectivity index (χ0n) is 11.8. The van der Waals surface area contributed by atoms with Crippen molar-refractivity contribution in [2.75, 3.05) is 18.0 Å². The average Bonchev–Trinajstić information content (AvgIpc) is 2.41. The molecule has 1 aliphatic heterocycles. The number of nitrogens with zero attached hydrogens (tertiary/aromatic N) is 3. The van der Waals surface area contributed by atoms with Crippen LogP contribution in [0.1, 0.15) is 25.3 Å². The highest BCUT2D eigenvalue weighted by atomic mass is 79.9. The Bertz CT molecular complexity index is 607. The van der Waals surface area contributed by atoms with E-state index in [-0.39, 0.29) is 5.69 Å². The number of piperidine rings is 1. The SMILES string of the molecule is Cc1c([N+](=O)[O-])cnc(N2CCCC(C)(C(=O)O)C2)c1Br. The van der Waals surface area contributed by atoms with Crippen molar-refractivity contribution in [3.05, 3.63) is 26.3 Å². The highest BCUT2D eigenvalue weighted by Crippen LogP contribution is 2.37. The average molecular weight is 358 g/mol. The molecule has 0 spiro atoms. The van der Waals surface area contributed by atoms with Gasteiger partial charge >= 0.3 is 5.97 Å². The van der Waals surface area contributed by atoms with Crippen molar-refractivity contribution in [2.24, 2.45) is 5.41 Å². The molecular weight excluding hydrogens is 342 g/mol. The Morgan fingerprint density at radius 2 is 2.29 bits per heavy atom. The summed E-state index contributed by atoms with van der Waals surface area (Å²) in [6, 6.07) is 0. The summed E-state index contributed by atoms with van der Waals surface area (Å²) in [5.41, 5.74) is -0.383. The van der Waals surface area contributed by atoms with Crippen molar-refractivity contribution < 1.29 is 14.8 Å². The molecule has 0 aliphatic carbocycles. The molecule has 1 aromatic rings. The van der Waals surface area contributed by atoms with E-state index in [1.807, 2.05) is 4.90 Å². The standard InChI is InChI=1S/C13H16BrN3O4/c1-8-9(17(20)21)6-15-11(10(8)14)16-5-3-4-13(2,7-16)12(18)19/h6H,3-5,7H2,1-2H3,(H,18,19). The van der Waals surface area contributed by atoms with E-state index < -0.39 is 16.3 Å². The maximum Gasteiger partial charge on any atom is 0.311 e. The minimum Gasteiger partial charge on any atom is -0.481 e. The molecule has 1 atom stereocenters. The van der Waals surface area contributed by atoms with Crippen LogP contribution in [0.15, 0.2) is 10.7 Å². The van der Waals surface area contributed by atoms with Gasteiger partial charge in [0.15, 0.2) is 0 Å². The van der Waals surface area contributed by atoms with Crippen LogP contribution < -0.4 is 4.90 Å². The fourth-order valence-electron chi connectivity index (χ4n) is 2.56. The number of rotatable bonds is 3. The predicted octanol–water partition coefficient (Wildman–Crippen LogP) is 2.75. The number of hydrogen-bond acceptors (Lipinski definition) is 5. The molecule has 7 nitrogen and oxygen atoms in total. The van der Waals surface area contributed by atoms with Crippen LogP contribution in [0.4, 0.5) is 11.5 Å². The van der Waals surface area contributed by atoms with E-state index in [0.29, 0.717) is 35.4 Å². The first kappa shape index (κ1) is 15.7. The van der Waals surface area contributed by atoms with Crippen LogP contribution in [0, 0.1) is 22.5 Å². The molecule has 114 valence electrons. The molecule has 1 fully saturated rings. The molecule has 0 bridgehead atoms. The maximum absolute atomic E-state index is 11.4. The van der Waals surface area contributed by atoms with E-state index in [9.17, 15) is 20.0 Å². The Morgan fingerprint density at radius 1 is 1.62 bits per heavy atom. The van der Waals surface area contributed by atoms with Gasteiger partial charge in [-0.3, -0.25) is 14.9 Å². The summed E-state index contributed by atoms with van der Waals surface area (Å²) in [6.45, 7) is 4.39. The number of aliphatic carboxylic acids is 1. The van der Waals surface area contributed by atoms with Crippen LogP contribution >= 0.6 is 15.9 Å². The monoisotopic (exact) mass is 357 g/mol. The minimum atomic E-state index is -0.832. The third-order valence-corrected chi connectivity index (χ3v) is 4.88. The van der Waals surface area contributed by atoms with Gasteiger partial charge in [0.05, 0.1) is 14.8 Å². The van der Waals surface area contributed by atoms with Gasteiger partial charge in [-0.25, -0.2) is 4.98 Å². The van der Waals surface area contributed by atoms with Gasteiger partial charge in [0.2, 0.25) is 0 Å². The fraction of sp³-hybridized carbons (Fsp3) is 0.538. The van der Waals surface area contributed by atoms with Gasteiger partial charge in [-0.15, -0.1) is 0 Å². The fourth-order valence-corrected chi connectivity index (χ4v) is 3.11. The zero-order valence-corrected chi connectivity index (χ0v) is 13.4. The molecule has 2 rings (SSSR count). The summed E-state index contributed by atoms with van der Waals surface area (Å²) >= 11 is 3.35. The lowest BCUT2D eigenvalue weighted by Crippen LogP contribution is -2.46. The van der Waals surface area contributed by atoms with E-state index in [1.165, 1.54) is 6.20 Å². The summed E-state index contributed by atoms with van der Waals surface area (Å²) < 4.78 is 0.548. The lowest BCUT2D eigenvalue weighted by Gasteiger charge is -2.38. The van der Waals surface area contributed by atoms with Crippen molar-refractivity contribution >= 4 is 33.4 Å². The number of halogens is 1. The second-order valence-electron chi connectivity index (χ2n) is 5.55. The molecule has 1 aromatic heterocycles. The number of aromatic nitrogens is 1. The largest absolute Gasteiger partial charge is 0.481 e. The molecule has 0 saturated carbocycles. The van der Waals surface area contributed by atoms with Gasteiger partial charge < -0.3 is 10.0 Å². The quantitative estimate of drug-likeness (QED) is 0.659. The number of anilines is 1. The summed E-state index contributed by atoms with van der Waals surface area (Å²) in [5.74, 6) is -0.271. The number of nitro groups is 1. The van der Waals surface area contributed by atoms with Crippen LogP contribution in [0.5, 0.6) is 0 Å². The first-order valence-corrected chi connectivity index (χ1v) is 7.33. The van der Waals surface area contributed by atoms with E-state index in [4.69, 9.17) is 0 Å². The summed E-state index contributed by atoms with van der Waals surface area (Å²) in [6.07, 6.45) is 2.58. The highest BCUT2D eigenvalue weighted by Gasteiger charge is 2.39. The Hall–Kier alpha value is -1.70. The molecule has 21 heavy (non-hydrogen) atoms. The molecule has 0 amide bonds. The minimum absolute atomic E-state index is 0.0522. The third-order valence-electron chi connectivity index (χ3n) is 3.93. The normalized spacial score (nSPS) is 22.1. The van der Waals surface area contributed by atoms with Gasteiger partial charge in [-0.05, 0) is 42.6 Å². The van der Waals surface area contributed by atoms with Gasteiger partial charge in [0.25, 0.3) is 5.69 Å². The molecular formula is C13H16BrN3O4. The Kier molecular flexibility index (Phi) is 4.18. The predicted molar refractivity (Wildman–Crippen MR) is 80.5 cm³/mol. The first-order chi connectivity index (χ1) is 9.76. The Labute approximate surface area is 130 Å². The van der Waals surface area contributed by atoms with Crippen molar-refractivity contribution in [3.8, 4) is 0 Å². The number of carbonyl (C=O) groups is 1. The van der Waals surface area contributed by atoms with Crippen LogP contribution in [-0.4, -0.2) is 34.1 Å². The third kappa shape index (κ3) is 2.85. The van der Waals surface area contributed by atoms with Gasteiger partial charge in [-0.2, -0.15) is 0 Å². The number of carboxylic acids is 1. The van der Waals surface area contributed by atoms with Gasteiger partial charge in [-0.1, -0.05) is 0 Å². The molecule has 2 heterocycles. The van der Waals surface area contributed by atoms with E-state index in [1.54, 1.807) is 13.8 Å². The van der Waals surface area contributed by atoms with Crippen molar-refractivity contribution in [1.29, 1.82) is 0 Å². The van der Waals surface area contributed by atoms with Crippen LogP contribution in [0.25, 0.3) is 0 Å². The zero-order chi connectivity index (χ0) is 15.8. The Balaban J connectivity index is 2.37. The van der Waals surface area contributed by atoms with Crippen molar-refractivity contribution in [1.82, 2.24) is 4.98 Å².